The second kappa shape index (κ2) is 4.21. The Balaban J connectivity index is 1.88. The number of rotatable bonds is 2. The molecule has 1 aromatic carbocycles. The van der Waals surface area contributed by atoms with Crippen LogP contribution in [0.3, 0.4) is 0 Å². The van der Waals surface area contributed by atoms with Gasteiger partial charge >= 0.3 is 6.18 Å². The zero-order valence-electron chi connectivity index (χ0n) is 11.2. The molecule has 110 valence electrons. The fourth-order valence-corrected chi connectivity index (χ4v) is 3.35. The van der Waals surface area contributed by atoms with Gasteiger partial charge in [0.25, 0.3) is 0 Å². The van der Waals surface area contributed by atoms with Crippen molar-refractivity contribution in [2.45, 2.75) is 56.1 Å². The minimum atomic E-state index is -4.36. The van der Waals surface area contributed by atoms with Crippen molar-refractivity contribution in [3.63, 3.8) is 0 Å². The molecule has 2 aliphatic rings. The number of hydrogen-bond donors (Lipinski definition) is 1. The molecular formula is C15H17F3O2. The first kappa shape index (κ1) is 13.9. The Labute approximate surface area is 115 Å². The Kier molecular flexibility index (Phi) is 2.93. The van der Waals surface area contributed by atoms with E-state index in [4.69, 9.17) is 4.74 Å². The van der Waals surface area contributed by atoms with Crippen LogP contribution in [0, 0.1) is 0 Å². The van der Waals surface area contributed by atoms with Crippen LogP contribution in [-0.2, 0) is 16.5 Å². The molecule has 1 saturated carbocycles. The van der Waals surface area contributed by atoms with Crippen LogP contribution in [0.5, 0.6) is 0 Å². The lowest BCUT2D eigenvalue weighted by atomic mass is 9.74. The largest absolute Gasteiger partial charge is 0.416 e. The topological polar surface area (TPSA) is 32.8 Å². The number of fused-ring (bicyclic) bond motifs is 1. The molecule has 3 atom stereocenters. The summed E-state index contributed by atoms with van der Waals surface area (Å²) < 4.78 is 43.4. The van der Waals surface area contributed by atoms with Crippen LogP contribution < -0.4 is 0 Å². The standard InChI is InChI=1S/C15H17F3O2/c1-13(19,14-9-3-2-4-12(14)20-14)10-5-7-11(8-6-10)15(16,17)18/h5-8,12,19H,2-4,9H2,1H3/t12-,13-,14+/m1/s1. The summed E-state index contributed by atoms with van der Waals surface area (Å²) in [5.74, 6) is 0. The van der Waals surface area contributed by atoms with E-state index in [2.05, 4.69) is 0 Å². The average Bonchev–Trinajstić information content (AvgIpc) is 3.14. The van der Waals surface area contributed by atoms with E-state index in [1.54, 1.807) is 6.92 Å². The monoisotopic (exact) mass is 286 g/mol. The van der Waals surface area contributed by atoms with Gasteiger partial charge in [0.1, 0.15) is 11.2 Å². The first-order valence-corrected chi connectivity index (χ1v) is 6.85. The van der Waals surface area contributed by atoms with Crippen LogP contribution in [0.15, 0.2) is 24.3 Å². The van der Waals surface area contributed by atoms with E-state index in [0.717, 1.165) is 37.8 Å². The predicted molar refractivity (Wildman–Crippen MR) is 67.1 cm³/mol. The molecule has 5 heteroatoms. The molecule has 1 aliphatic heterocycles. The predicted octanol–water partition coefficient (Wildman–Crippen LogP) is 3.62. The minimum absolute atomic E-state index is 0.0357. The van der Waals surface area contributed by atoms with Crippen LogP contribution >= 0.6 is 0 Å². The van der Waals surface area contributed by atoms with Crippen LogP contribution in [0.25, 0.3) is 0 Å². The maximum atomic E-state index is 12.6. The molecule has 0 spiro atoms. The lowest BCUT2D eigenvalue weighted by molar-refractivity contribution is -0.137. The van der Waals surface area contributed by atoms with Gasteiger partial charge in [-0.05, 0) is 37.5 Å². The third kappa shape index (κ3) is 1.95. The molecule has 0 unspecified atom stereocenters. The SMILES string of the molecule is C[C@@](O)(c1ccc(C(F)(F)F)cc1)[C@]12CCCC[C@H]1O2. The molecule has 3 rings (SSSR count). The number of ether oxygens (including phenoxy) is 1. The Morgan fingerprint density at radius 3 is 2.30 bits per heavy atom. The summed E-state index contributed by atoms with van der Waals surface area (Å²) in [5.41, 5.74) is -2.07. The van der Waals surface area contributed by atoms with E-state index in [0.29, 0.717) is 5.56 Å². The highest BCUT2D eigenvalue weighted by Gasteiger charge is 2.67. The maximum absolute atomic E-state index is 12.6. The number of epoxide rings is 1. The Bertz CT molecular complexity index is 507. The van der Waals surface area contributed by atoms with Gasteiger partial charge in [-0.1, -0.05) is 25.0 Å². The van der Waals surface area contributed by atoms with Gasteiger partial charge in [0.15, 0.2) is 0 Å². The van der Waals surface area contributed by atoms with Crippen molar-refractivity contribution in [2.24, 2.45) is 0 Å². The van der Waals surface area contributed by atoms with Gasteiger partial charge in [-0.2, -0.15) is 13.2 Å². The zero-order chi connectivity index (χ0) is 14.6. The fourth-order valence-electron chi connectivity index (χ4n) is 3.35. The Hall–Kier alpha value is -1.07. The number of alkyl halides is 3. The van der Waals surface area contributed by atoms with Crippen LogP contribution in [0.4, 0.5) is 13.2 Å². The molecule has 0 amide bonds. The van der Waals surface area contributed by atoms with Gasteiger partial charge < -0.3 is 9.84 Å². The third-order valence-electron chi connectivity index (χ3n) is 4.68. The van der Waals surface area contributed by atoms with E-state index < -0.39 is 22.9 Å². The van der Waals surface area contributed by atoms with E-state index in [-0.39, 0.29) is 6.10 Å². The fraction of sp³-hybridized carbons (Fsp3) is 0.600. The summed E-state index contributed by atoms with van der Waals surface area (Å²) in [5, 5.41) is 10.8. The van der Waals surface area contributed by atoms with Crippen molar-refractivity contribution in [2.75, 3.05) is 0 Å². The summed E-state index contributed by atoms with van der Waals surface area (Å²) in [4.78, 5) is 0. The van der Waals surface area contributed by atoms with E-state index >= 15 is 0 Å². The van der Waals surface area contributed by atoms with Crippen molar-refractivity contribution < 1.29 is 23.0 Å². The van der Waals surface area contributed by atoms with Crippen molar-refractivity contribution in [3.8, 4) is 0 Å². The normalized spacial score (nSPS) is 32.4. The Morgan fingerprint density at radius 1 is 1.15 bits per heavy atom. The quantitative estimate of drug-likeness (QED) is 0.842. The lowest BCUT2D eigenvalue weighted by Crippen LogP contribution is -2.43. The molecule has 0 radical (unpaired) electrons. The van der Waals surface area contributed by atoms with Gasteiger partial charge in [0, 0.05) is 0 Å². The number of hydrogen-bond acceptors (Lipinski definition) is 2. The van der Waals surface area contributed by atoms with Crippen LogP contribution in [0.2, 0.25) is 0 Å². The zero-order valence-corrected chi connectivity index (χ0v) is 11.2. The van der Waals surface area contributed by atoms with E-state index in [1.807, 2.05) is 0 Å². The molecule has 0 bridgehead atoms. The molecule has 1 aromatic rings. The summed E-state index contributed by atoms with van der Waals surface area (Å²) in [6.45, 7) is 1.64. The van der Waals surface area contributed by atoms with Crippen molar-refractivity contribution in [1.82, 2.24) is 0 Å². The molecule has 2 nitrogen and oxygen atoms in total. The minimum Gasteiger partial charge on any atom is -0.382 e. The first-order chi connectivity index (χ1) is 9.27. The van der Waals surface area contributed by atoms with E-state index in [1.165, 1.54) is 12.1 Å². The van der Waals surface area contributed by atoms with Gasteiger partial charge in [0.2, 0.25) is 0 Å². The highest BCUT2D eigenvalue weighted by molar-refractivity contribution is 5.34. The lowest BCUT2D eigenvalue weighted by Gasteiger charge is -2.33. The molecule has 20 heavy (non-hydrogen) atoms. The van der Waals surface area contributed by atoms with Crippen molar-refractivity contribution >= 4 is 0 Å². The first-order valence-electron chi connectivity index (χ1n) is 6.85. The third-order valence-corrected chi connectivity index (χ3v) is 4.68. The highest BCUT2D eigenvalue weighted by atomic mass is 19.4. The van der Waals surface area contributed by atoms with Gasteiger partial charge in [-0.3, -0.25) is 0 Å². The smallest absolute Gasteiger partial charge is 0.382 e. The molecule has 1 N–H and O–H groups in total. The molecule has 2 fully saturated rings. The molecular weight excluding hydrogens is 269 g/mol. The second-order valence-corrected chi connectivity index (χ2v) is 5.89. The average molecular weight is 286 g/mol. The van der Waals surface area contributed by atoms with Crippen LogP contribution in [0.1, 0.15) is 43.7 Å². The van der Waals surface area contributed by atoms with Gasteiger partial charge in [-0.25, -0.2) is 0 Å². The number of aliphatic hydroxyl groups is 1. The highest BCUT2D eigenvalue weighted by Crippen LogP contribution is 2.57. The molecule has 0 aromatic heterocycles. The molecule has 1 saturated heterocycles. The van der Waals surface area contributed by atoms with Crippen molar-refractivity contribution in [1.29, 1.82) is 0 Å². The maximum Gasteiger partial charge on any atom is 0.416 e. The van der Waals surface area contributed by atoms with E-state index in [9.17, 15) is 18.3 Å². The summed E-state index contributed by atoms with van der Waals surface area (Å²) in [7, 11) is 0. The number of benzene rings is 1. The van der Waals surface area contributed by atoms with Gasteiger partial charge in [0.05, 0.1) is 11.7 Å². The second-order valence-electron chi connectivity index (χ2n) is 5.89. The van der Waals surface area contributed by atoms with Crippen LogP contribution in [-0.4, -0.2) is 16.8 Å². The number of halogens is 3. The molecule has 1 aliphatic carbocycles. The van der Waals surface area contributed by atoms with Gasteiger partial charge in [-0.15, -0.1) is 0 Å². The summed E-state index contributed by atoms with van der Waals surface area (Å²) >= 11 is 0. The van der Waals surface area contributed by atoms with Crippen molar-refractivity contribution in [3.05, 3.63) is 35.4 Å². The summed E-state index contributed by atoms with van der Waals surface area (Å²) in [6, 6.07) is 4.73. The molecule has 1 heterocycles. The summed E-state index contributed by atoms with van der Waals surface area (Å²) in [6.07, 6.45) is -0.592. The Morgan fingerprint density at radius 2 is 1.75 bits per heavy atom.